The maximum absolute atomic E-state index is 13.8. The average Bonchev–Trinajstić information content (AvgIpc) is 3.13. The van der Waals surface area contributed by atoms with Crippen LogP contribution in [0.1, 0.15) is 12.8 Å². The number of halogens is 2. The smallest absolute Gasteiger partial charge is 0.345 e. The third-order valence-corrected chi connectivity index (χ3v) is 3.89. The molecule has 1 N–H and O–H groups in total. The molecule has 7 heteroatoms. The molecule has 0 amide bonds. The molecule has 5 nitrogen and oxygen atoms in total. The highest BCUT2D eigenvalue weighted by molar-refractivity contribution is 9.10. The van der Waals surface area contributed by atoms with Gasteiger partial charge in [-0.1, -0.05) is 5.16 Å². The Morgan fingerprint density at radius 2 is 2.29 bits per heavy atom. The summed E-state index contributed by atoms with van der Waals surface area (Å²) >= 11 is 3.10. The van der Waals surface area contributed by atoms with Gasteiger partial charge in [-0.2, -0.15) is 0 Å². The lowest BCUT2D eigenvalue weighted by molar-refractivity contribution is -0.146. The van der Waals surface area contributed by atoms with E-state index >= 15 is 0 Å². The molecule has 1 saturated carbocycles. The normalized spacial score (nSPS) is 15.7. The fraction of sp³-hybridized carbons (Fsp3) is 0.286. The largest absolute Gasteiger partial charge is 0.478 e. The van der Waals surface area contributed by atoms with E-state index in [-0.39, 0.29) is 16.1 Å². The minimum atomic E-state index is -1.05. The van der Waals surface area contributed by atoms with E-state index in [0.29, 0.717) is 11.3 Å². The van der Waals surface area contributed by atoms with Crippen molar-refractivity contribution in [2.24, 2.45) is 5.92 Å². The number of carbonyl (C=O) groups is 1. The monoisotopic (exact) mass is 355 g/mol. The number of carboxylic acids is 1. The molecule has 1 aliphatic carbocycles. The first kappa shape index (κ1) is 14.1. The third-order valence-electron chi connectivity index (χ3n) is 3.28. The Morgan fingerprint density at radius 3 is 2.86 bits per heavy atom. The zero-order valence-corrected chi connectivity index (χ0v) is 12.3. The summed E-state index contributed by atoms with van der Waals surface area (Å²) in [4.78, 5) is 11.3. The summed E-state index contributed by atoms with van der Waals surface area (Å²) in [7, 11) is 0. The van der Waals surface area contributed by atoms with Crippen molar-refractivity contribution in [1.29, 1.82) is 0 Å². The summed E-state index contributed by atoms with van der Waals surface area (Å²) in [6.45, 7) is 0. The van der Waals surface area contributed by atoms with Gasteiger partial charge in [0.05, 0.1) is 4.47 Å². The average molecular weight is 356 g/mol. The molecule has 1 heterocycles. The van der Waals surface area contributed by atoms with E-state index in [1.807, 2.05) is 0 Å². The van der Waals surface area contributed by atoms with Gasteiger partial charge >= 0.3 is 5.97 Å². The van der Waals surface area contributed by atoms with Crippen LogP contribution >= 0.6 is 15.9 Å². The molecule has 1 atom stereocenters. The Bertz CT molecular complexity index is 670. The zero-order valence-electron chi connectivity index (χ0n) is 10.8. The molecule has 110 valence electrons. The molecule has 1 aliphatic rings. The van der Waals surface area contributed by atoms with Crippen molar-refractivity contribution in [2.45, 2.75) is 18.9 Å². The minimum absolute atomic E-state index is 0.0284. The predicted molar refractivity (Wildman–Crippen MR) is 74.4 cm³/mol. The number of hydrogen-bond acceptors (Lipinski definition) is 4. The number of nitrogens with zero attached hydrogens (tertiary/aromatic N) is 1. The van der Waals surface area contributed by atoms with Crippen molar-refractivity contribution in [3.63, 3.8) is 0 Å². The van der Waals surface area contributed by atoms with Crippen LogP contribution in [0.2, 0.25) is 0 Å². The maximum atomic E-state index is 13.8. The van der Waals surface area contributed by atoms with Crippen LogP contribution in [0.5, 0.6) is 5.75 Å². The Morgan fingerprint density at radius 1 is 1.52 bits per heavy atom. The summed E-state index contributed by atoms with van der Waals surface area (Å²) in [5.41, 5.74) is 0.926. The molecular formula is C14H11BrFNO4. The molecule has 2 aromatic rings. The topological polar surface area (TPSA) is 72.6 Å². The van der Waals surface area contributed by atoms with Crippen LogP contribution in [0.4, 0.5) is 4.39 Å². The molecule has 0 unspecified atom stereocenters. The second-order valence-electron chi connectivity index (χ2n) is 4.86. The molecule has 1 aromatic carbocycles. The summed E-state index contributed by atoms with van der Waals surface area (Å²) in [5, 5.41) is 13.0. The molecule has 1 fully saturated rings. The van der Waals surface area contributed by atoms with Gasteiger partial charge in [-0.15, -0.1) is 0 Å². The molecule has 1 aromatic heterocycles. The Hall–Kier alpha value is -1.89. The molecule has 0 bridgehead atoms. The van der Waals surface area contributed by atoms with Gasteiger partial charge in [0.25, 0.3) is 0 Å². The Kier molecular flexibility index (Phi) is 3.67. The number of benzene rings is 1. The number of ether oxygens (including phenoxy) is 1. The fourth-order valence-electron chi connectivity index (χ4n) is 2.06. The van der Waals surface area contributed by atoms with E-state index < -0.39 is 17.9 Å². The van der Waals surface area contributed by atoms with Crippen molar-refractivity contribution >= 4 is 21.9 Å². The van der Waals surface area contributed by atoms with Crippen molar-refractivity contribution < 1.29 is 23.6 Å². The highest BCUT2D eigenvalue weighted by atomic mass is 79.9. The zero-order chi connectivity index (χ0) is 15.0. The highest BCUT2D eigenvalue weighted by Crippen LogP contribution is 2.39. The number of carboxylic acid groups (broad SMARTS) is 1. The first-order valence-corrected chi connectivity index (χ1v) is 7.15. The van der Waals surface area contributed by atoms with Crippen LogP contribution in [0.15, 0.2) is 33.5 Å². The van der Waals surface area contributed by atoms with Crippen molar-refractivity contribution in [1.82, 2.24) is 5.16 Å². The second-order valence-corrected chi connectivity index (χ2v) is 5.72. The van der Waals surface area contributed by atoms with Crippen molar-refractivity contribution in [3.05, 3.63) is 34.8 Å². The molecule has 3 rings (SSSR count). The van der Waals surface area contributed by atoms with E-state index in [1.165, 1.54) is 12.3 Å². The van der Waals surface area contributed by atoms with Crippen LogP contribution < -0.4 is 4.74 Å². The van der Waals surface area contributed by atoms with Crippen LogP contribution in [0.3, 0.4) is 0 Å². The molecule has 21 heavy (non-hydrogen) atoms. The lowest BCUT2D eigenvalue weighted by atomic mass is 10.1. The SMILES string of the molecule is O=C(O)[C@@H](Oc1cc(F)c(Br)cc1-c1ccon1)C1CC1. The van der Waals surface area contributed by atoms with Gasteiger partial charge < -0.3 is 14.4 Å². The van der Waals surface area contributed by atoms with Crippen LogP contribution in [-0.2, 0) is 4.79 Å². The molecule has 0 saturated heterocycles. The van der Waals surface area contributed by atoms with Crippen LogP contribution in [0, 0.1) is 11.7 Å². The Balaban J connectivity index is 2.00. The molecular weight excluding hydrogens is 345 g/mol. The number of rotatable bonds is 5. The first-order valence-electron chi connectivity index (χ1n) is 6.35. The number of hydrogen-bond donors (Lipinski definition) is 1. The summed E-state index contributed by atoms with van der Waals surface area (Å²) in [6, 6.07) is 4.25. The standard InChI is InChI=1S/C14H11BrFNO4/c15-9-5-8(11-3-4-20-17-11)12(6-10(9)16)21-13(14(18)19)7-1-2-7/h3-7,13H,1-2H2,(H,18,19)/t13-/m0/s1. The lowest BCUT2D eigenvalue weighted by Gasteiger charge is -2.17. The third kappa shape index (κ3) is 2.92. The van der Waals surface area contributed by atoms with E-state index in [1.54, 1.807) is 6.07 Å². The number of aromatic nitrogens is 1. The predicted octanol–water partition coefficient (Wildman–Crippen LogP) is 3.49. The van der Waals surface area contributed by atoms with Gasteiger partial charge in [0, 0.05) is 23.6 Å². The van der Waals surface area contributed by atoms with E-state index in [0.717, 1.165) is 18.9 Å². The minimum Gasteiger partial charge on any atom is -0.478 e. The van der Waals surface area contributed by atoms with Crippen molar-refractivity contribution in [2.75, 3.05) is 0 Å². The summed E-state index contributed by atoms with van der Waals surface area (Å²) in [6.07, 6.45) is 2.01. The van der Waals surface area contributed by atoms with Gasteiger partial charge in [0.2, 0.25) is 0 Å². The molecule has 0 aliphatic heterocycles. The van der Waals surface area contributed by atoms with Crippen LogP contribution in [-0.4, -0.2) is 22.3 Å². The molecule has 0 spiro atoms. The summed E-state index contributed by atoms with van der Waals surface area (Å²) < 4.78 is 24.3. The van der Waals surface area contributed by atoms with Gasteiger partial charge in [0.1, 0.15) is 23.5 Å². The van der Waals surface area contributed by atoms with Crippen LogP contribution in [0.25, 0.3) is 11.3 Å². The Labute approximate surface area is 127 Å². The quantitative estimate of drug-likeness (QED) is 0.888. The fourth-order valence-corrected chi connectivity index (χ4v) is 2.41. The first-order chi connectivity index (χ1) is 10.1. The van der Waals surface area contributed by atoms with E-state index in [2.05, 4.69) is 21.1 Å². The van der Waals surface area contributed by atoms with Crippen molar-refractivity contribution in [3.8, 4) is 17.0 Å². The van der Waals surface area contributed by atoms with Gasteiger partial charge in [-0.05, 0) is 34.8 Å². The number of aliphatic carboxylic acids is 1. The molecule has 0 radical (unpaired) electrons. The highest BCUT2D eigenvalue weighted by Gasteiger charge is 2.38. The van der Waals surface area contributed by atoms with E-state index in [9.17, 15) is 14.3 Å². The lowest BCUT2D eigenvalue weighted by Crippen LogP contribution is -2.29. The summed E-state index contributed by atoms with van der Waals surface area (Å²) in [5.74, 6) is -1.47. The van der Waals surface area contributed by atoms with E-state index in [4.69, 9.17) is 9.26 Å². The maximum Gasteiger partial charge on any atom is 0.345 e. The van der Waals surface area contributed by atoms with Gasteiger partial charge in [0.15, 0.2) is 6.10 Å². The van der Waals surface area contributed by atoms with Gasteiger partial charge in [-0.25, -0.2) is 9.18 Å². The second kappa shape index (κ2) is 5.48. The van der Waals surface area contributed by atoms with Gasteiger partial charge in [-0.3, -0.25) is 0 Å².